The van der Waals surface area contributed by atoms with E-state index < -0.39 is 0 Å². The van der Waals surface area contributed by atoms with E-state index in [-0.39, 0.29) is 114 Å². The molecular weight excluding hydrogens is 363 g/mol. The molecule has 6 heteroatoms. The van der Waals surface area contributed by atoms with Gasteiger partial charge in [-0.2, -0.15) is 0 Å². The van der Waals surface area contributed by atoms with Crippen LogP contribution in [0, 0.1) is 0 Å². The Morgan fingerprint density at radius 3 is 1.00 bits per heavy atom. The molecule has 0 aliphatic rings. The van der Waals surface area contributed by atoms with Crippen molar-refractivity contribution in [3.8, 4) is 0 Å². The SMILES string of the molecule is [BeH2].[Cu].[Nb].[Ni].[Ti].[Zr]. The summed E-state index contributed by atoms with van der Waals surface area (Å²) < 4.78 is 0. The predicted octanol–water partition coefficient (Wildman–Crippen LogP) is -0.929. The molecule has 0 amide bonds. The van der Waals surface area contributed by atoms with Crippen LogP contribution in [0.25, 0.3) is 0 Å². The summed E-state index contributed by atoms with van der Waals surface area (Å²) in [6.07, 6.45) is 0. The van der Waals surface area contributed by atoms with E-state index in [1.807, 2.05) is 0 Å². The zero-order valence-corrected chi connectivity index (χ0v) is 10.2. The third kappa shape index (κ3) is 25.8. The van der Waals surface area contributed by atoms with E-state index in [0.717, 1.165) is 0 Å². The van der Waals surface area contributed by atoms with Gasteiger partial charge in [0.1, 0.15) is 0 Å². The summed E-state index contributed by atoms with van der Waals surface area (Å²) in [7, 11) is 0. The second kappa shape index (κ2) is 38.9. The van der Waals surface area contributed by atoms with Gasteiger partial charge in [-0.3, -0.25) is 0 Å². The molecule has 0 rings (SSSR count). The Labute approximate surface area is 112 Å². The summed E-state index contributed by atoms with van der Waals surface area (Å²) in [6.45, 7) is 0. The Morgan fingerprint density at radius 2 is 1.00 bits per heavy atom. The van der Waals surface area contributed by atoms with Gasteiger partial charge < -0.3 is 0 Å². The molecule has 0 aliphatic heterocycles. The summed E-state index contributed by atoms with van der Waals surface area (Å²) in [5.41, 5.74) is 0. The Morgan fingerprint density at radius 1 is 1.00 bits per heavy atom. The fraction of sp³-hybridized carbons (Fsp3) is 0. The van der Waals surface area contributed by atoms with Gasteiger partial charge in [0.25, 0.3) is 0 Å². The molecule has 0 saturated carbocycles. The van der Waals surface area contributed by atoms with Crippen molar-refractivity contribution in [1.29, 1.82) is 0 Å². The molecule has 0 aromatic rings. The van der Waals surface area contributed by atoms with Crippen LogP contribution >= 0.6 is 0 Å². The summed E-state index contributed by atoms with van der Waals surface area (Å²) in [4.78, 5) is 0. The van der Waals surface area contributed by atoms with Crippen LogP contribution in [0.4, 0.5) is 0 Å². The first-order valence-corrected chi connectivity index (χ1v) is 0. The van der Waals surface area contributed by atoms with Crippen LogP contribution in [-0.2, 0) is 104 Å². The van der Waals surface area contributed by atoms with Crippen LogP contribution in [0.3, 0.4) is 0 Å². The second-order valence-corrected chi connectivity index (χ2v) is 0. The Kier molecular flexibility index (Phi) is 362. The number of rotatable bonds is 0. The zero-order chi connectivity index (χ0) is 0. The van der Waals surface area contributed by atoms with E-state index in [4.69, 9.17) is 0 Å². The van der Waals surface area contributed by atoms with Crippen LogP contribution < -0.4 is 0 Å². The van der Waals surface area contributed by atoms with Crippen LogP contribution in [0.2, 0.25) is 0 Å². The molecule has 38 valence electrons. The van der Waals surface area contributed by atoms with Crippen molar-refractivity contribution in [2.24, 2.45) is 0 Å². The molecule has 0 aromatic carbocycles. The summed E-state index contributed by atoms with van der Waals surface area (Å²) in [5.74, 6) is 0. The number of hydrogen-bond donors (Lipinski definition) is 0. The van der Waals surface area contributed by atoms with Crippen LogP contribution in [-0.4, -0.2) is 10.1 Å². The minimum absolute atomic E-state index is 0. The first kappa shape index (κ1) is 55.8. The molecule has 0 nitrogen and oxygen atoms in total. The average molecular weight is 365 g/mol. The van der Waals surface area contributed by atoms with Gasteiger partial charge in [0.2, 0.25) is 0 Å². The quantitative estimate of drug-likeness (QED) is 0.487. The van der Waals surface area contributed by atoms with Crippen LogP contribution in [0.15, 0.2) is 0 Å². The average Bonchev–Trinajstić information content (AvgIpc) is 0. The van der Waals surface area contributed by atoms with Crippen molar-refractivity contribution in [1.82, 2.24) is 0 Å². The van der Waals surface area contributed by atoms with E-state index >= 15 is 0 Å². The van der Waals surface area contributed by atoms with E-state index in [9.17, 15) is 0 Å². The largest absolute Gasteiger partial charge is 0 e. The second-order valence-electron chi connectivity index (χ2n) is 0. The molecule has 0 N–H and O–H groups in total. The fourth-order valence-corrected chi connectivity index (χ4v) is 0. The molecule has 6 heavy (non-hydrogen) atoms. The Balaban J connectivity index is 0. The minimum Gasteiger partial charge on any atom is 0 e. The number of hydrogen-bond acceptors (Lipinski definition) is 0. The van der Waals surface area contributed by atoms with E-state index in [0.29, 0.717) is 0 Å². The van der Waals surface area contributed by atoms with Crippen molar-refractivity contribution in [3.63, 3.8) is 0 Å². The standard InChI is InChI=1S/Be.Cu.Nb.Ni.Ti.Zr.2H. The molecule has 0 spiro atoms. The summed E-state index contributed by atoms with van der Waals surface area (Å²) >= 11 is 0. The predicted molar refractivity (Wildman–Crippen MR) is 8.54 cm³/mol. The molecule has 0 aliphatic carbocycles. The van der Waals surface area contributed by atoms with Crippen molar-refractivity contribution < 1.29 is 104 Å². The van der Waals surface area contributed by atoms with Crippen molar-refractivity contribution in [2.45, 2.75) is 0 Å². The molecule has 0 bridgehead atoms. The van der Waals surface area contributed by atoms with Gasteiger partial charge in [-0.05, 0) is 0 Å². The Bertz CT molecular complexity index is 15.5. The van der Waals surface area contributed by atoms with Gasteiger partial charge >= 0.3 is 10.1 Å². The summed E-state index contributed by atoms with van der Waals surface area (Å²) in [6, 6.07) is 0. The van der Waals surface area contributed by atoms with Gasteiger partial charge in [-0.25, -0.2) is 0 Å². The van der Waals surface area contributed by atoms with Gasteiger partial charge in [0.15, 0.2) is 0 Å². The maximum atomic E-state index is 0. The molecule has 0 unspecified atom stereocenters. The maximum absolute atomic E-state index is 0. The van der Waals surface area contributed by atoms with Gasteiger partial charge in [-0.1, -0.05) is 0 Å². The third-order valence-corrected chi connectivity index (χ3v) is 0. The minimum atomic E-state index is 0. The van der Waals surface area contributed by atoms with E-state index in [1.165, 1.54) is 0 Å². The molecule has 0 atom stereocenters. The molecule has 0 aromatic heterocycles. The van der Waals surface area contributed by atoms with Gasteiger partial charge in [0.05, 0.1) is 0 Å². The van der Waals surface area contributed by atoms with Crippen molar-refractivity contribution in [2.75, 3.05) is 0 Å². The fourth-order valence-electron chi connectivity index (χ4n) is 0. The molecular formula is H2BeCuNbNiTiZr. The molecule has 0 saturated heterocycles. The first-order valence-electron chi connectivity index (χ1n) is 0. The molecule has 0 fully saturated rings. The third-order valence-electron chi connectivity index (χ3n) is 0. The van der Waals surface area contributed by atoms with Gasteiger partial charge in [0, 0.05) is 104 Å². The Hall–Kier alpha value is 3.52. The smallest absolute Gasteiger partial charge is 0 e. The molecule has 2 radical (unpaired) electrons. The van der Waals surface area contributed by atoms with Crippen LogP contribution in [0.5, 0.6) is 0 Å². The van der Waals surface area contributed by atoms with Crippen molar-refractivity contribution >= 4 is 10.1 Å². The summed E-state index contributed by atoms with van der Waals surface area (Å²) in [5, 5.41) is 0. The normalized spacial score (nSPS) is 0. The first-order chi connectivity index (χ1) is 0. The molecule has 0 heterocycles. The van der Waals surface area contributed by atoms with Crippen LogP contribution in [0.1, 0.15) is 0 Å². The topological polar surface area (TPSA) is 0 Å². The van der Waals surface area contributed by atoms with E-state index in [1.54, 1.807) is 0 Å². The monoisotopic (exact) mass is 363 g/mol. The van der Waals surface area contributed by atoms with E-state index in [2.05, 4.69) is 0 Å². The van der Waals surface area contributed by atoms with Crippen molar-refractivity contribution in [3.05, 3.63) is 0 Å². The maximum Gasteiger partial charge on any atom is 0 e. The van der Waals surface area contributed by atoms with Gasteiger partial charge in [-0.15, -0.1) is 0 Å². The zero-order valence-electron chi connectivity index (χ0n) is 2.06.